The van der Waals surface area contributed by atoms with E-state index in [1.807, 2.05) is 4.90 Å². The number of aromatic nitrogens is 1. The van der Waals surface area contributed by atoms with E-state index in [-0.39, 0.29) is 5.91 Å². The molecule has 0 spiro atoms. The fraction of sp³-hybridized carbons (Fsp3) is 0.545. The van der Waals surface area contributed by atoms with Gasteiger partial charge in [-0.3, -0.25) is 9.69 Å². The summed E-state index contributed by atoms with van der Waals surface area (Å²) in [5, 5.41) is 3.50. The Morgan fingerprint density at radius 3 is 2.86 bits per heavy atom. The molecule has 1 atom stereocenters. The maximum Gasteiger partial charge on any atom is 0.232 e. The number of carbonyl (C=O) groups excluding carboxylic acids is 1. The Hall–Kier alpha value is -0.990. The predicted octanol–water partition coefficient (Wildman–Crippen LogP) is 4.79. The maximum atomic E-state index is 11.9. The van der Waals surface area contributed by atoms with E-state index in [4.69, 9.17) is 4.98 Å². The molecule has 1 aromatic carbocycles. The number of aryl methyl sites for hydroxylation is 1. The van der Waals surface area contributed by atoms with Crippen LogP contribution in [0, 0.1) is 0 Å². The third-order valence-corrected chi connectivity index (χ3v) is 7.87. The third kappa shape index (κ3) is 4.44. The molecule has 2 heterocycles. The molecule has 0 N–H and O–H groups in total. The highest BCUT2D eigenvalue weighted by Crippen LogP contribution is 2.35. The average molecular weight is 509 g/mol. The molecule has 1 aromatic heterocycles. The molecule has 4 rings (SSSR count). The normalized spacial score (nSPS) is 20.4. The van der Waals surface area contributed by atoms with Crippen LogP contribution in [0.5, 0.6) is 0 Å². The van der Waals surface area contributed by atoms with Crippen molar-refractivity contribution in [2.75, 3.05) is 24.6 Å². The number of fused-ring (bicyclic) bond motifs is 1. The molecule has 1 amide bonds. The lowest BCUT2D eigenvalue weighted by molar-refractivity contribution is -0.129. The number of benzene rings is 1. The molecule has 150 valence electrons. The van der Waals surface area contributed by atoms with E-state index in [9.17, 15) is 4.79 Å². The molecule has 1 saturated heterocycles. The van der Waals surface area contributed by atoms with Crippen molar-refractivity contribution in [2.24, 2.45) is 0 Å². The zero-order valence-electron chi connectivity index (χ0n) is 16.4. The van der Waals surface area contributed by atoms with Gasteiger partial charge in [-0.15, -0.1) is 11.3 Å². The first kappa shape index (κ1) is 20.3. The zero-order valence-corrected chi connectivity index (χ0v) is 19.4. The molecule has 0 saturated carbocycles. The molecule has 1 aliphatic heterocycles. The van der Waals surface area contributed by atoms with Gasteiger partial charge in [0.1, 0.15) is 0 Å². The van der Waals surface area contributed by atoms with Gasteiger partial charge in [0.05, 0.1) is 15.1 Å². The van der Waals surface area contributed by atoms with Gasteiger partial charge >= 0.3 is 0 Å². The summed E-state index contributed by atoms with van der Waals surface area (Å²) in [4.78, 5) is 21.3. The van der Waals surface area contributed by atoms with Gasteiger partial charge in [-0.25, -0.2) is 4.98 Å². The molecule has 0 bridgehead atoms. The van der Waals surface area contributed by atoms with Gasteiger partial charge in [0.2, 0.25) is 5.91 Å². The van der Waals surface area contributed by atoms with Crippen LogP contribution in [0.15, 0.2) is 29.6 Å². The number of hydrogen-bond acceptors (Lipinski definition) is 4. The van der Waals surface area contributed by atoms with Crippen LogP contribution in [-0.2, 0) is 17.8 Å². The number of nitrogens with zero attached hydrogens (tertiary/aromatic N) is 3. The van der Waals surface area contributed by atoms with Crippen LogP contribution in [0.4, 0.5) is 0 Å². The summed E-state index contributed by atoms with van der Waals surface area (Å²) < 4.78 is 0.584. The Balaban J connectivity index is 1.37. The van der Waals surface area contributed by atoms with Gasteiger partial charge in [-0.1, -0.05) is 46.9 Å². The Morgan fingerprint density at radius 1 is 1.29 bits per heavy atom. The number of carbonyl (C=O) groups is 1. The minimum atomic E-state index is 0.272. The largest absolute Gasteiger partial charge is 0.342 e. The number of likely N-dealkylation sites (tertiary alicyclic amines) is 1. The van der Waals surface area contributed by atoms with Gasteiger partial charge in [0, 0.05) is 37.0 Å². The van der Waals surface area contributed by atoms with Gasteiger partial charge in [-0.05, 0) is 50.3 Å². The Kier molecular flexibility index (Phi) is 6.68. The molecule has 1 fully saturated rings. The van der Waals surface area contributed by atoms with Crippen LogP contribution in [0.2, 0.25) is 0 Å². The zero-order chi connectivity index (χ0) is 19.5. The fourth-order valence-electron chi connectivity index (χ4n) is 4.59. The smallest absolute Gasteiger partial charge is 0.232 e. The monoisotopic (exact) mass is 509 g/mol. The number of hydrogen-bond donors (Lipinski definition) is 0. The van der Waals surface area contributed by atoms with Crippen molar-refractivity contribution in [3.05, 3.63) is 51.5 Å². The number of rotatable bonds is 5. The summed E-state index contributed by atoms with van der Waals surface area (Å²) in [5.74, 6) is 0.783. The van der Waals surface area contributed by atoms with Crippen molar-refractivity contribution in [1.82, 2.24) is 14.8 Å². The van der Waals surface area contributed by atoms with Crippen LogP contribution in [0.3, 0.4) is 0 Å². The number of piperidine rings is 1. The summed E-state index contributed by atoms with van der Waals surface area (Å²) in [6, 6.07) is 9.41. The second-order valence-electron chi connectivity index (χ2n) is 7.99. The number of halogens is 1. The molecule has 6 heteroatoms. The Morgan fingerprint density at radius 2 is 2.07 bits per heavy atom. The highest BCUT2D eigenvalue weighted by Gasteiger charge is 2.27. The summed E-state index contributed by atoms with van der Waals surface area (Å²) >= 11 is 3.96. The van der Waals surface area contributed by atoms with Crippen molar-refractivity contribution < 1.29 is 4.79 Å². The highest BCUT2D eigenvalue weighted by atomic mass is 127. The molecular weight excluding hydrogens is 481 g/mol. The maximum absolute atomic E-state index is 11.9. The summed E-state index contributed by atoms with van der Waals surface area (Å²) in [5.41, 5.74) is 4.20. The van der Waals surface area contributed by atoms with E-state index in [1.54, 1.807) is 11.3 Å². The molecule has 1 aliphatic carbocycles. The average Bonchev–Trinajstić information content (AvgIpc) is 3.21. The highest BCUT2D eigenvalue weighted by molar-refractivity contribution is 14.1. The first-order valence-electron chi connectivity index (χ1n) is 10.2. The van der Waals surface area contributed by atoms with E-state index in [2.05, 4.69) is 64.2 Å². The molecule has 4 nitrogen and oxygen atoms in total. The van der Waals surface area contributed by atoms with Crippen molar-refractivity contribution in [3.8, 4) is 0 Å². The molecule has 0 radical (unpaired) electrons. The van der Waals surface area contributed by atoms with Gasteiger partial charge in [0.15, 0.2) is 0 Å². The van der Waals surface area contributed by atoms with Gasteiger partial charge in [-0.2, -0.15) is 0 Å². The first-order chi connectivity index (χ1) is 13.7. The standard InChI is InChI=1S/C22H28IN3OS/c1-25(20-8-4-6-16-5-2-3-7-19(16)20)14-18-15-28-22(24-18)17-9-11-26(12-10-17)21(27)13-23/h2-3,5,7,15,17,20H,4,6,8-14H2,1H3/t20-/m1/s1. The Labute approximate surface area is 185 Å². The number of thiazole rings is 1. The van der Waals surface area contributed by atoms with E-state index in [1.165, 1.54) is 41.1 Å². The van der Waals surface area contributed by atoms with E-state index >= 15 is 0 Å². The van der Waals surface area contributed by atoms with Crippen LogP contribution < -0.4 is 0 Å². The minimum absolute atomic E-state index is 0.272. The molecule has 2 aliphatic rings. The SMILES string of the molecule is CN(Cc1csc(C2CCN(C(=O)CI)CC2)n1)[C@@H]1CCCc2ccccc21. The quantitative estimate of drug-likeness (QED) is 0.430. The number of amides is 1. The lowest BCUT2D eigenvalue weighted by Crippen LogP contribution is -2.38. The lowest BCUT2D eigenvalue weighted by atomic mass is 9.87. The molecule has 0 unspecified atom stereocenters. The van der Waals surface area contributed by atoms with E-state index in [0.717, 1.165) is 32.5 Å². The number of alkyl halides is 1. The summed E-state index contributed by atoms with van der Waals surface area (Å²) in [6.45, 7) is 2.65. The molecule has 28 heavy (non-hydrogen) atoms. The summed E-state index contributed by atoms with van der Waals surface area (Å²) in [7, 11) is 2.24. The van der Waals surface area contributed by atoms with Crippen LogP contribution in [-0.4, -0.2) is 45.3 Å². The lowest BCUT2D eigenvalue weighted by Gasteiger charge is -2.33. The van der Waals surface area contributed by atoms with Crippen molar-refractivity contribution in [2.45, 2.75) is 50.6 Å². The van der Waals surface area contributed by atoms with E-state index < -0.39 is 0 Å². The van der Waals surface area contributed by atoms with Crippen LogP contribution in [0.1, 0.15) is 59.5 Å². The topological polar surface area (TPSA) is 36.4 Å². The first-order valence-corrected chi connectivity index (χ1v) is 12.6. The van der Waals surface area contributed by atoms with Crippen molar-refractivity contribution in [1.29, 1.82) is 0 Å². The van der Waals surface area contributed by atoms with E-state index in [0.29, 0.717) is 16.4 Å². The summed E-state index contributed by atoms with van der Waals surface area (Å²) in [6.07, 6.45) is 5.79. The minimum Gasteiger partial charge on any atom is -0.342 e. The van der Waals surface area contributed by atoms with Gasteiger partial charge in [0.25, 0.3) is 0 Å². The fourth-order valence-corrected chi connectivity index (χ4v) is 6.06. The third-order valence-electron chi connectivity index (χ3n) is 6.16. The van der Waals surface area contributed by atoms with Crippen molar-refractivity contribution >= 4 is 39.8 Å². The second-order valence-corrected chi connectivity index (χ2v) is 9.64. The molecular formula is C22H28IN3OS. The molecule has 2 aromatic rings. The van der Waals surface area contributed by atoms with Crippen molar-refractivity contribution in [3.63, 3.8) is 0 Å². The second kappa shape index (κ2) is 9.22. The Bertz CT molecular complexity index is 816. The van der Waals surface area contributed by atoms with Gasteiger partial charge < -0.3 is 4.90 Å². The van der Waals surface area contributed by atoms with Crippen LogP contribution >= 0.6 is 33.9 Å². The van der Waals surface area contributed by atoms with Crippen LogP contribution in [0.25, 0.3) is 0 Å². The predicted molar refractivity (Wildman–Crippen MR) is 123 cm³/mol.